The van der Waals surface area contributed by atoms with Crippen molar-refractivity contribution < 1.29 is 19.0 Å². The second-order valence-corrected chi connectivity index (χ2v) is 11.6. The SMILES string of the molecule is COP(=O)(Nc1cc(-c2csc(N3CCCC3)n2)sc1C(=O)O)c1ccc(C)cc1C. The molecule has 31 heavy (non-hydrogen) atoms. The van der Waals surface area contributed by atoms with E-state index in [-0.39, 0.29) is 10.6 Å². The Hall–Kier alpha value is -2.19. The van der Waals surface area contributed by atoms with Crippen molar-refractivity contribution in [3.63, 3.8) is 0 Å². The van der Waals surface area contributed by atoms with Crippen molar-refractivity contribution in [3.05, 3.63) is 45.6 Å². The number of carboxylic acid groups (broad SMARTS) is 1. The van der Waals surface area contributed by atoms with Crippen LogP contribution in [0.4, 0.5) is 10.8 Å². The summed E-state index contributed by atoms with van der Waals surface area (Å²) in [6.07, 6.45) is 2.33. The number of anilines is 2. The van der Waals surface area contributed by atoms with E-state index in [1.165, 1.54) is 7.11 Å². The number of carbonyl (C=O) groups is 1. The number of aromatic nitrogens is 1. The highest BCUT2D eigenvalue weighted by Crippen LogP contribution is 2.49. The van der Waals surface area contributed by atoms with Gasteiger partial charge >= 0.3 is 13.5 Å². The Balaban J connectivity index is 1.69. The molecule has 0 saturated carbocycles. The zero-order chi connectivity index (χ0) is 22.2. The first-order chi connectivity index (χ1) is 14.8. The standard InChI is InChI=1S/C21H24N3O4PS2/c1-13-6-7-17(14(2)10-13)29(27,28-3)23-15-11-18(31-19(15)20(25)26)16-12-30-21(22-16)24-8-4-5-9-24/h6-7,10-12H,4-5,8-9H2,1-3H3,(H,23,27)(H,25,26). The number of benzene rings is 1. The Kier molecular flexibility index (Phi) is 6.21. The molecule has 2 aromatic heterocycles. The van der Waals surface area contributed by atoms with Crippen LogP contribution in [-0.4, -0.2) is 36.3 Å². The van der Waals surface area contributed by atoms with E-state index in [0.29, 0.717) is 10.2 Å². The molecule has 1 aliphatic rings. The van der Waals surface area contributed by atoms with Gasteiger partial charge in [0.1, 0.15) is 4.88 Å². The maximum atomic E-state index is 13.6. The number of aromatic carboxylic acids is 1. The number of carboxylic acids is 1. The predicted octanol–water partition coefficient (Wildman–Crippen LogP) is 5.36. The van der Waals surface area contributed by atoms with Crippen molar-refractivity contribution in [1.29, 1.82) is 0 Å². The molecule has 1 aromatic carbocycles. The molecule has 3 aromatic rings. The zero-order valence-electron chi connectivity index (χ0n) is 17.5. The minimum atomic E-state index is -3.52. The lowest BCUT2D eigenvalue weighted by Gasteiger charge is -2.20. The molecule has 0 spiro atoms. The summed E-state index contributed by atoms with van der Waals surface area (Å²) in [5.74, 6) is -1.09. The Morgan fingerprint density at radius 3 is 2.65 bits per heavy atom. The van der Waals surface area contributed by atoms with Crippen LogP contribution in [0.3, 0.4) is 0 Å². The molecule has 4 rings (SSSR count). The van der Waals surface area contributed by atoms with E-state index in [2.05, 4.69) is 9.99 Å². The number of rotatable bonds is 7. The topological polar surface area (TPSA) is 91.8 Å². The highest BCUT2D eigenvalue weighted by Gasteiger charge is 2.30. The summed E-state index contributed by atoms with van der Waals surface area (Å²) in [6.45, 7) is 5.82. The normalized spacial score (nSPS) is 15.8. The van der Waals surface area contributed by atoms with Gasteiger partial charge in [0.25, 0.3) is 0 Å². The molecule has 3 heterocycles. The molecule has 10 heteroatoms. The van der Waals surface area contributed by atoms with Crippen LogP contribution in [0.15, 0.2) is 29.6 Å². The van der Waals surface area contributed by atoms with Crippen LogP contribution in [0.2, 0.25) is 0 Å². The van der Waals surface area contributed by atoms with Gasteiger partial charge in [-0.3, -0.25) is 4.57 Å². The van der Waals surface area contributed by atoms with Gasteiger partial charge in [-0.15, -0.1) is 22.7 Å². The number of aryl methyl sites for hydroxylation is 2. The Labute approximate surface area is 189 Å². The summed E-state index contributed by atoms with van der Waals surface area (Å²) in [5.41, 5.74) is 2.87. The van der Waals surface area contributed by atoms with E-state index in [0.717, 1.165) is 59.2 Å². The zero-order valence-corrected chi connectivity index (χ0v) is 20.1. The molecule has 2 N–H and O–H groups in total. The van der Waals surface area contributed by atoms with Crippen LogP contribution in [0.5, 0.6) is 0 Å². The number of thiophene rings is 1. The van der Waals surface area contributed by atoms with Crippen molar-refractivity contribution in [2.75, 3.05) is 30.2 Å². The molecule has 1 unspecified atom stereocenters. The van der Waals surface area contributed by atoms with Crippen molar-refractivity contribution >= 4 is 52.3 Å². The van der Waals surface area contributed by atoms with E-state index in [1.807, 2.05) is 31.4 Å². The maximum absolute atomic E-state index is 13.6. The molecule has 0 radical (unpaired) electrons. The second kappa shape index (κ2) is 8.74. The Bertz CT molecular complexity index is 1170. The highest BCUT2D eigenvalue weighted by atomic mass is 32.1. The average molecular weight is 478 g/mol. The minimum absolute atomic E-state index is 0.0766. The molecule has 1 saturated heterocycles. The lowest BCUT2D eigenvalue weighted by atomic mass is 10.2. The molecule has 7 nitrogen and oxygen atoms in total. The number of nitrogens with one attached hydrogen (secondary N) is 1. The van der Waals surface area contributed by atoms with Gasteiger partial charge in [-0.25, -0.2) is 9.78 Å². The fourth-order valence-corrected chi connectivity index (χ4v) is 7.33. The first kappa shape index (κ1) is 22.0. The summed E-state index contributed by atoms with van der Waals surface area (Å²) < 4.78 is 19.0. The first-order valence-corrected chi connectivity index (χ1v) is 13.2. The van der Waals surface area contributed by atoms with Crippen molar-refractivity contribution in [2.45, 2.75) is 26.7 Å². The van der Waals surface area contributed by atoms with E-state index < -0.39 is 13.5 Å². The highest BCUT2D eigenvalue weighted by molar-refractivity contribution is 7.68. The van der Waals surface area contributed by atoms with Gasteiger partial charge in [-0.2, -0.15) is 0 Å². The van der Waals surface area contributed by atoms with E-state index in [4.69, 9.17) is 9.51 Å². The van der Waals surface area contributed by atoms with E-state index in [9.17, 15) is 14.5 Å². The fourth-order valence-electron chi connectivity index (χ4n) is 3.69. The molecule has 0 amide bonds. The Morgan fingerprint density at radius 2 is 2.00 bits per heavy atom. The molecule has 0 bridgehead atoms. The quantitative estimate of drug-likeness (QED) is 0.443. The molecule has 1 atom stereocenters. The van der Waals surface area contributed by atoms with Gasteiger partial charge in [0.15, 0.2) is 5.13 Å². The van der Waals surface area contributed by atoms with Crippen LogP contribution >= 0.6 is 30.2 Å². The van der Waals surface area contributed by atoms with Crippen LogP contribution < -0.4 is 15.3 Å². The molecule has 1 aliphatic heterocycles. The Morgan fingerprint density at radius 1 is 1.26 bits per heavy atom. The van der Waals surface area contributed by atoms with Gasteiger partial charge in [0.05, 0.1) is 21.6 Å². The number of hydrogen-bond acceptors (Lipinski definition) is 7. The van der Waals surface area contributed by atoms with Gasteiger partial charge in [0.2, 0.25) is 0 Å². The molecule has 164 valence electrons. The summed E-state index contributed by atoms with van der Waals surface area (Å²) >= 11 is 2.67. The predicted molar refractivity (Wildman–Crippen MR) is 128 cm³/mol. The molecule has 0 aliphatic carbocycles. The van der Waals surface area contributed by atoms with Crippen LogP contribution in [0.1, 0.15) is 33.6 Å². The van der Waals surface area contributed by atoms with E-state index in [1.54, 1.807) is 23.5 Å². The first-order valence-electron chi connectivity index (χ1n) is 9.90. The third-order valence-corrected chi connectivity index (χ3v) is 9.47. The van der Waals surface area contributed by atoms with Crippen molar-refractivity contribution in [3.8, 4) is 10.6 Å². The van der Waals surface area contributed by atoms with Gasteiger partial charge in [-0.05, 0) is 44.4 Å². The summed E-state index contributed by atoms with van der Waals surface area (Å²) in [7, 11) is -2.16. The molecule has 1 fully saturated rings. The smallest absolute Gasteiger partial charge is 0.348 e. The third kappa shape index (κ3) is 4.41. The second-order valence-electron chi connectivity index (χ2n) is 7.50. The van der Waals surface area contributed by atoms with Crippen molar-refractivity contribution in [2.24, 2.45) is 0 Å². The lowest BCUT2D eigenvalue weighted by Crippen LogP contribution is -2.17. The minimum Gasteiger partial charge on any atom is -0.477 e. The fraction of sp³-hybridized carbons (Fsp3) is 0.333. The van der Waals surface area contributed by atoms with Gasteiger partial charge in [0, 0.05) is 25.6 Å². The number of nitrogens with zero attached hydrogens (tertiary/aromatic N) is 2. The summed E-state index contributed by atoms with van der Waals surface area (Å²) in [4.78, 5) is 19.7. The van der Waals surface area contributed by atoms with Crippen LogP contribution in [0.25, 0.3) is 10.6 Å². The molecular weight excluding hydrogens is 453 g/mol. The lowest BCUT2D eigenvalue weighted by molar-refractivity contribution is 0.0703. The average Bonchev–Trinajstić information content (AvgIpc) is 3.47. The van der Waals surface area contributed by atoms with Crippen molar-refractivity contribution in [1.82, 2.24) is 4.98 Å². The molecular formula is C21H24N3O4PS2. The number of hydrogen-bond donors (Lipinski definition) is 2. The summed E-state index contributed by atoms with van der Waals surface area (Å²) in [6, 6.07) is 7.25. The summed E-state index contributed by atoms with van der Waals surface area (Å²) in [5, 5.41) is 16.1. The third-order valence-electron chi connectivity index (χ3n) is 5.24. The largest absolute Gasteiger partial charge is 0.477 e. The van der Waals surface area contributed by atoms with E-state index >= 15 is 0 Å². The van der Waals surface area contributed by atoms with Crippen LogP contribution in [0, 0.1) is 13.8 Å². The number of thiazole rings is 1. The van der Waals surface area contributed by atoms with Crippen LogP contribution in [-0.2, 0) is 9.09 Å². The monoisotopic (exact) mass is 477 g/mol. The van der Waals surface area contributed by atoms with Gasteiger partial charge < -0.3 is 19.6 Å². The maximum Gasteiger partial charge on any atom is 0.348 e. The van der Waals surface area contributed by atoms with Gasteiger partial charge in [-0.1, -0.05) is 17.7 Å².